The Bertz CT molecular complexity index is 1000. The maximum Gasteiger partial charge on any atom is 0.408 e. The molecule has 3 amide bonds. The van der Waals surface area contributed by atoms with E-state index in [1.54, 1.807) is 32.6 Å². The van der Waals surface area contributed by atoms with E-state index in [9.17, 15) is 14.4 Å². The van der Waals surface area contributed by atoms with Crippen LogP contribution >= 0.6 is 11.6 Å². The molecule has 0 radical (unpaired) electrons. The summed E-state index contributed by atoms with van der Waals surface area (Å²) in [6.45, 7) is 7.62. The number of pyridine rings is 1. The number of rotatable bonds is 4. The number of anilines is 2. The molecule has 2 aromatic rings. The molecule has 0 spiro atoms. The van der Waals surface area contributed by atoms with E-state index < -0.39 is 35.6 Å². The van der Waals surface area contributed by atoms with Crippen molar-refractivity contribution in [3.05, 3.63) is 29.2 Å². The predicted octanol–water partition coefficient (Wildman–Crippen LogP) is 1.65. The average molecular weight is 480 g/mol. The van der Waals surface area contributed by atoms with E-state index in [4.69, 9.17) is 20.8 Å². The van der Waals surface area contributed by atoms with Crippen molar-refractivity contribution in [2.24, 2.45) is 0 Å². The Morgan fingerprint density at radius 2 is 1.91 bits per heavy atom. The molecule has 1 fully saturated rings. The first-order valence-corrected chi connectivity index (χ1v) is 10.7. The highest BCUT2D eigenvalue weighted by molar-refractivity contribution is 6.39. The number of carbonyl (C=O) groups is 3. The largest absolute Gasteiger partial charge is 0.444 e. The molecule has 0 saturated carbocycles. The third kappa shape index (κ3) is 7.04. The van der Waals surface area contributed by atoms with Gasteiger partial charge in [-0.1, -0.05) is 16.7 Å². The van der Waals surface area contributed by atoms with Crippen molar-refractivity contribution in [1.82, 2.24) is 25.8 Å². The highest BCUT2D eigenvalue weighted by Gasteiger charge is 2.35. The van der Waals surface area contributed by atoms with Gasteiger partial charge in [-0.2, -0.15) is 0 Å². The van der Waals surface area contributed by atoms with Gasteiger partial charge in [0.1, 0.15) is 11.4 Å². The second-order valence-electron chi connectivity index (χ2n) is 8.49. The smallest absolute Gasteiger partial charge is 0.408 e. The molecule has 3 N–H and O–H groups in total. The number of hydrogen-bond acceptors (Lipinski definition) is 9. The lowest BCUT2D eigenvalue weighted by molar-refractivity contribution is -0.136. The number of hydrogen-bond donors (Lipinski definition) is 3. The van der Waals surface area contributed by atoms with Crippen LogP contribution in [0.1, 0.15) is 33.1 Å². The van der Waals surface area contributed by atoms with Gasteiger partial charge < -0.3 is 30.0 Å². The van der Waals surface area contributed by atoms with Crippen molar-refractivity contribution in [1.29, 1.82) is 0 Å². The fourth-order valence-electron chi connectivity index (χ4n) is 3.17. The first-order chi connectivity index (χ1) is 15.5. The molecule has 0 aliphatic carbocycles. The monoisotopic (exact) mass is 479 g/mol. The quantitative estimate of drug-likeness (QED) is 0.555. The minimum Gasteiger partial charge on any atom is -0.444 e. The lowest BCUT2D eigenvalue weighted by atomic mass is 9.99. The molecular weight excluding hydrogens is 454 g/mol. The molecule has 12 nitrogen and oxygen atoms in total. The molecule has 1 aliphatic rings. The van der Waals surface area contributed by atoms with Crippen molar-refractivity contribution in [3.63, 3.8) is 0 Å². The number of ether oxygens (including phenoxy) is 1. The van der Waals surface area contributed by atoms with Gasteiger partial charge in [0, 0.05) is 26.2 Å². The summed E-state index contributed by atoms with van der Waals surface area (Å²) in [7, 11) is 0. The van der Waals surface area contributed by atoms with Gasteiger partial charge in [-0.3, -0.25) is 9.59 Å². The highest BCUT2D eigenvalue weighted by atomic mass is 35.5. The lowest BCUT2D eigenvalue weighted by Gasteiger charge is -2.38. The van der Waals surface area contributed by atoms with E-state index in [1.165, 1.54) is 18.3 Å². The summed E-state index contributed by atoms with van der Waals surface area (Å²) in [6, 6.07) is 2.18. The normalized spacial score (nSPS) is 18.4. The van der Waals surface area contributed by atoms with Crippen molar-refractivity contribution < 1.29 is 23.5 Å². The Labute approximate surface area is 195 Å². The number of nitrogens with zero attached hydrogens (tertiary/aromatic N) is 4. The maximum absolute atomic E-state index is 12.5. The fourth-order valence-corrected chi connectivity index (χ4v) is 3.29. The van der Waals surface area contributed by atoms with Crippen LogP contribution in [-0.4, -0.2) is 63.9 Å². The van der Waals surface area contributed by atoms with Crippen LogP contribution in [0.4, 0.5) is 16.6 Å². The summed E-state index contributed by atoms with van der Waals surface area (Å²) in [5.41, 5.74) is -0.702. The van der Waals surface area contributed by atoms with Gasteiger partial charge in [0.15, 0.2) is 0 Å². The zero-order valence-corrected chi connectivity index (χ0v) is 19.5. The fraction of sp³-hybridized carbons (Fsp3) is 0.500. The molecule has 33 heavy (non-hydrogen) atoms. The third-order valence-electron chi connectivity index (χ3n) is 4.59. The second kappa shape index (κ2) is 10.0. The maximum atomic E-state index is 12.5. The van der Waals surface area contributed by atoms with E-state index in [0.29, 0.717) is 29.9 Å². The highest BCUT2D eigenvalue weighted by Crippen LogP contribution is 2.20. The van der Waals surface area contributed by atoms with Crippen molar-refractivity contribution >= 4 is 41.3 Å². The van der Waals surface area contributed by atoms with Gasteiger partial charge in [-0.15, -0.1) is 5.10 Å². The second-order valence-corrected chi connectivity index (χ2v) is 8.92. The first kappa shape index (κ1) is 24.2. The van der Waals surface area contributed by atoms with Gasteiger partial charge in [-0.05, 0) is 39.3 Å². The molecule has 3 rings (SSSR count). The topological polar surface area (TPSA) is 152 Å². The van der Waals surface area contributed by atoms with Crippen LogP contribution in [0, 0.1) is 6.92 Å². The van der Waals surface area contributed by atoms with Crippen LogP contribution in [0.5, 0.6) is 0 Å². The standard InChI is InChI=1S/C20H26ClN7O5/c1-11-26-27-18(32-11)28-8-7-13(14(10-28)24-19(31)33-20(2,3)4)23-16(29)17(30)25-15-6-5-12(21)9-22-15/h5-6,9,13-14H,7-8,10H2,1-4H3,(H,23,29)(H,24,31)(H,22,25,30)/t13-,14+/m0/s1. The van der Waals surface area contributed by atoms with E-state index in [0.717, 1.165) is 0 Å². The number of aryl methyl sites for hydroxylation is 1. The molecule has 0 aromatic carbocycles. The van der Waals surface area contributed by atoms with E-state index in [-0.39, 0.29) is 12.4 Å². The number of alkyl carbamates (subject to hydrolysis) is 1. The van der Waals surface area contributed by atoms with E-state index in [1.807, 2.05) is 0 Å². The molecule has 2 atom stereocenters. The van der Waals surface area contributed by atoms with Crippen molar-refractivity contribution in [3.8, 4) is 0 Å². The summed E-state index contributed by atoms with van der Waals surface area (Å²) >= 11 is 5.78. The van der Waals surface area contributed by atoms with Crippen LogP contribution < -0.4 is 20.9 Å². The molecule has 0 bridgehead atoms. The van der Waals surface area contributed by atoms with Crippen LogP contribution in [0.25, 0.3) is 0 Å². The summed E-state index contributed by atoms with van der Waals surface area (Å²) in [5, 5.41) is 16.1. The van der Waals surface area contributed by atoms with Crippen LogP contribution in [0.3, 0.4) is 0 Å². The van der Waals surface area contributed by atoms with Crippen molar-refractivity contribution in [2.45, 2.75) is 51.8 Å². The molecule has 13 heteroatoms. The summed E-state index contributed by atoms with van der Waals surface area (Å²) < 4.78 is 10.8. The lowest BCUT2D eigenvalue weighted by Crippen LogP contribution is -2.62. The summed E-state index contributed by atoms with van der Waals surface area (Å²) in [6.07, 6.45) is 1.11. The predicted molar refractivity (Wildman–Crippen MR) is 119 cm³/mol. The van der Waals surface area contributed by atoms with Gasteiger partial charge in [0.2, 0.25) is 5.89 Å². The Morgan fingerprint density at radius 3 is 2.52 bits per heavy atom. The number of piperidine rings is 1. The number of aromatic nitrogens is 3. The molecule has 1 saturated heterocycles. The summed E-state index contributed by atoms with van der Waals surface area (Å²) in [4.78, 5) is 43.0. The van der Waals surface area contributed by atoms with Gasteiger partial charge in [-0.25, -0.2) is 9.78 Å². The number of nitrogens with one attached hydrogen (secondary N) is 3. The first-order valence-electron chi connectivity index (χ1n) is 10.3. The molecule has 0 unspecified atom stereocenters. The zero-order chi connectivity index (χ0) is 24.2. The van der Waals surface area contributed by atoms with Gasteiger partial charge in [0.05, 0.1) is 17.1 Å². The van der Waals surface area contributed by atoms with Crippen LogP contribution in [0.15, 0.2) is 22.7 Å². The van der Waals surface area contributed by atoms with E-state index >= 15 is 0 Å². The van der Waals surface area contributed by atoms with E-state index in [2.05, 4.69) is 31.1 Å². The van der Waals surface area contributed by atoms with Crippen LogP contribution in [0.2, 0.25) is 5.02 Å². The van der Waals surface area contributed by atoms with Gasteiger partial charge in [0.25, 0.3) is 0 Å². The Kier molecular flexibility index (Phi) is 7.36. The average Bonchev–Trinajstić information content (AvgIpc) is 3.15. The number of carbonyl (C=O) groups excluding carboxylic acids is 3. The zero-order valence-electron chi connectivity index (χ0n) is 18.7. The number of amides is 3. The third-order valence-corrected chi connectivity index (χ3v) is 4.82. The van der Waals surface area contributed by atoms with Crippen molar-refractivity contribution in [2.75, 3.05) is 23.3 Å². The SMILES string of the molecule is Cc1nnc(N2CC[C@H](NC(=O)C(=O)Nc3ccc(Cl)cn3)[C@H](NC(=O)OC(C)(C)C)C2)o1. The molecule has 3 heterocycles. The van der Waals surface area contributed by atoms with Gasteiger partial charge >= 0.3 is 23.9 Å². The number of halogens is 1. The molecule has 2 aromatic heterocycles. The molecular formula is C20H26ClN7O5. The Morgan fingerprint density at radius 1 is 1.15 bits per heavy atom. The Balaban J connectivity index is 1.67. The summed E-state index contributed by atoms with van der Waals surface area (Å²) in [5.74, 6) is -1.17. The molecule has 178 valence electrons. The Hall–Kier alpha value is -3.41. The minimum absolute atomic E-state index is 0.185. The molecule has 1 aliphatic heterocycles. The van der Waals surface area contributed by atoms with Crippen LogP contribution in [-0.2, 0) is 14.3 Å². The minimum atomic E-state index is -0.893.